The van der Waals surface area contributed by atoms with Crippen molar-refractivity contribution in [3.8, 4) is 0 Å². The van der Waals surface area contributed by atoms with Crippen LogP contribution in [0.25, 0.3) is 0 Å². The van der Waals surface area contributed by atoms with E-state index in [1.165, 1.54) is 231 Å². The van der Waals surface area contributed by atoms with Crippen LogP contribution in [0.5, 0.6) is 0 Å². The standard InChI is InChI=1S/C71H135NO18/c1-3-5-7-9-11-13-15-17-18-19-20-21-22-23-24-25-26-27-28-29-30-31-32-33-34-35-37-39-41-43-45-47-49-59(77)72-54(55(76)48-46-44-42-40-38-36-16-14-12-10-8-6-4-2)53-85-69-65(83)62(80)67(57(51-74)87-69)90-71-66(84)63(81)68(58(52-75)88-71)89-70-64(82)61(79)60(78)56(50-73)86-70/h46,48,54-58,60-71,73-76,78-84H,3-45,47,49-53H2,1-2H3,(H,72,77)/b48-46+. The predicted molar refractivity (Wildman–Crippen MR) is 351 cm³/mol. The summed E-state index contributed by atoms with van der Waals surface area (Å²) in [5.74, 6) is -0.269. The van der Waals surface area contributed by atoms with Gasteiger partial charge in [-0.2, -0.15) is 0 Å². The van der Waals surface area contributed by atoms with Crippen LogP contribution in [0.4, 0.5) is 0 Å². The molecule has 3 aliphatic rings. The molecule has 0 radical (unpaired) electrons. The summed E-state index contributed by atoms with van der Waals surface area (Å²) in [5.41, 5.74) is 0. The molecule has 1 amide bonds. The Bertz CT molecular complexity index is 1680. The van der Waals surface area contributed by atoms with Crippen molar-refractivity contribution in [2.24, 2.45) is 0 Å². The van der Waals surface area contributed by atoms with Gasteiger partial charge in [0.2, 0.25) is 5.91 Å². The molecular weight excluding hydrogens is 1150 g/mol. The van der Waals surface area contributed by atoms with E-state index in [0.29, 0.717) is 6.42 Å². The molecule has 0 aromatic heterocycles. The van der Waals surface area contributed by atoms with Gasteiger partial charge in [0, 0.05) is 6.42 Å². The maximum atomic E-state index is 13.4. The van der Waals surface area contributed by atoms with Gasteiger partial charge in [0.15, 0.2) is 18.9 Å². The molecule has 19 nitrogen and oxygen atoms in total. The first kappa shape index (κ1) is 82.8. The molecule has 0 aromatic carbocycles. The first-order valence-corrected chi connectivity index (χ1v) is 36.9. The van der Waals surface area contributed by atoms with E-state index in [4.69, 9.17) is 28.4 Å². The lowest BCUT2D eigenvalue weighted by Crippen LogP contribution is -2.66. The van der Waals surface area contributed by atoms with Gasteiger partial charge in [-0.05, 0) is 19.3 Å². The zero-order valence-electron chi connectivity index (χ0n) is 56.4. The number of aliphatic hydroxyl groups is 11. The number of carbonyl (C=O) groups excluding carboxylic acids is 1. The molecule has 532 valence electrons. The summed E-state index contributed by atoms with van der Waals surface area (Å²) in [6.45, 7) is 1.76. The smallest absolute Gasteiger partial charge is 0.220 e. The van der Waals surface area contributed by atoms with Crippen LogP contribution in [0.1, 0.15) is 303 Å². The molecule has 3 heterocycles. The zero-order chi connectivity index (χ0) is 65.4. The van der Waals surface area contributed by atoms with Gasteiger partial charge < -0.3 is 89.9 Å². The molecule has 0 aliphatic carbocycles. The van der Waals surface area contributed by atoms with Crippen LogP contribution < -0.4 is 5.32 Å². The maximum Gasteiger partial charge on any atom is 0.220 e. The number of carbonyl (C=O) groups is 1. The first-order chi connectivity index (χ1) is 43.8. The van der Waals surface area contributed by atoms with Crippen molar-refractivity contribution in [3.05, 3.63) is 12.2 Å². The van der Waals surface area contributed by atoms with Gasteiger partial charge in [0.25, 0.3) is 0 Å². The normalized spacial score (nSPS) is 28.0. The number of ether oxygens (including phenoxy) is 6. The van der Waals surface area contributed by atoms with Crippen molar-refractivity contribution in [2.45, 2.75) is 407 Å². The maximum absolute atomic E-state index is 13.4. The number of amides is 1. The van der Waals surface area contributed by atoms with Crippen LogP contribution in [0.15, 0.2) is 12.2 Å². The SMILES string of the molecule is CCCCCCCCCCCCC/C=C/C(O)C(COC1OC(CO)C(OC2OC(CO)C(OC3OC(CO)C(O)C(O)C3O)C(O)C2O)C(O)C1O)NC(=O)CCCCCCCCCCCCCCCCCCCCCCCCCCCCCCCCCC. The van der Waals surface area contributed by atoms with Gasteiger partial charge >= 0.3 is 0 Å². The lowest BCUT2D eigenvalue weighted by molar-refractivity contribution is -0.379. The van der Waals surface area contributed by atoms with Gasteiger partial charge in [-0.15, -0.1) is 0 Å². The van der Waals surface area contributed by atoms with Gasteiger partial charge in [-0.1, -0.05) is 289 Å². The third-order valence-electron chi connectivity index (χ3n) is 18.8. The summed E-state index contributed by atoms with van der Waals surface area (Å²) >= 11 is 0. The molecule has 0 spiro atoms. The fourth-order valence-corrected chi connectivity index (χ4v) is 12.8. The number of hydrogen-bond donors (Lipinski definition) is 12. The number of nitrogens with one attached hydrogen (secondary N) is 1. The third kappa shape index (κ3) is 35.0. The highest BCUT2D eigenvalue weighted by Crippen LogP contribution is 2.33. The zero-order valence-corrected chi connectivity index (χ0v) is 56.4. The average Bonchev–Trinajstić information content (AvgIpc) is 1.23. The molecule has 3 aliphatic heterocycles. The molecule has 0 aromatic rings. The minimum atomic E-state index is -1.98. The van der Waals surface area contributed by atoms with Gasteiger partial charge in [-0.25, -0.2) is 0 Å². The second-order valence-electron chi connectivity index (χ2n) is 26.8. The first-order valence-electron chi connectivity index (χ1n) is 36.9. The van der Waals surface area contributed by atoms with Gasteiger partial charge in [0.05, 0.1) is 38.6 Å². The van der Waals surface area contributed by atoms with E-state index >= 15 is 0 Å². The Morgan fingerprint density at radius 1 is 0.389 bits per heavy atom. The highest BCUT2D eigenvalue weighted by Gasteiger charge is 2.53. The molecular formula is C71H135NO18. The predicted octanol–water partition coefficient (Wildman–Crippen LogP) is 10.4. The molecule has 3 rings (SSSR count). The summed E-state index contributed by atoms with van der Waals surface area (Å²) < 4.78 is 34.3. The highest BCUT2D eigenvalue weighted by molar-refractivity contribution is 5.76. The summed E-state index contributed by atoms with van der Waals surface area (Å²) in [6, 6.07) is -0.968. The minimum absolute atomic E-state index is 0.250. The molecule has 3 fully saturated rings. The van der Waals surface area contributed by atoms with E-state index in [2.05, 4.69) is 19.2 Å². The molecule has 90 heavy (non-hydrogen) atoms. The lowest BCUT2D eigenvalue weighted by Gasteiger charge is -2.48. The quantitative estimate of drug-likeness (QED) is 0.0199. The highest BCUT2D eigenvalue weighted by atomic mass is 16.8. The largest absolute Gasteiger partial charge is 0.394 e. The molecule has 0 saturated carbocycles. The fraction of sp³-hybridized carbons (Fsp3) is 0.958. The number of hydrogen-bond acceptors (Lipinski definition) is 18. The third-order valence-corrected chi connectivity index (χ3v) is 18.8. The summed E-state index contributed by atoms with van der Waals surface area (Å²) in [4.78, 5) is 13.4. The monoisotopic (exact) mass is 1290 g/mol. The van der Waals surface area contributed by atoms with Crippen molar-refractivity contribution < 1.29 is 89.4 Å². The van der Waals surface area contributed by atoms with E-state index in [9.17, 15) is 61.0 Å². The lowest BCUT2D eigenvalue weighted by atomic mass is 9.96. The van der Waals surface area contributed by atoms with Crippen molar-refractivity contribution in [2.75, 3.05) is 26.4 Å². The van der Waals surface area contributed by atoms with Crippen LogP contribution in [-0.2, 0) is 33.2 Å². The molecule has 17 atom stereocenters. The topological polar surface area (TPSA) is 307 Å². The summed E-state index contributed by atoms with van der Waals surface area (Å²) in [7, 11) is 0. The summed E-state index contributed by atoms with van der Waals surface area (Å²) in [6.07, 6.45) is 33.6. The van der Waals surface area contributed by atoms with Crippen molar-refractivity contribution in [3.63, 3.8) is 0 Å². The fourth-order valence-electron chi connectivity index (χ4n) is 12.8. The number of allylic oxidation sites excluding steroid dienone is 1. The minimum Gasteiger partial charge on any atom is -0.394 e. The molecule has 0 bridgehead atoms. The molecule has 3 saturated heterocycles. The summed E-state index contributed by atoms with van der Waals surface area (Å²) in [5, 5.41) is 120. The van der Waals surface area contributed by atoms with Gasteiger partial charge in [0.1, 0.15) is 73.2 Å². The Morgan fingerprint density at radius 2 is 0.689 bits per heavy atom. The van der Waals surface area contributed by atoms with Crippen molar-refractivity contribution in [1.82, 2.24) is 5.32 Å². The van der Waals surface area contributed by atoms with Crippen molar-refractivity contribution in [1.29, 1.82) is 0 Å². The Hall–Kier alpha value is -1.47. The van der Waals surface area contributed by atoms with E-state index in [0.717, 1.165) is 44.9 Å². The van der Waals surface area contributed by atoms with Gasteiger partial charge in [-0.3, -0.25) is 4.79 Å². The van der Waals surface area contributed by atoms with Crippen LogP contribution in [0.2, 0.25) is 0 Å². The Morgan fingerprint density at radius 3 is 1.04 bits per heavy atom. The molecule has 19 heteroatoms. The second kappa shape index (κ2) is 53.6. The Labute approximate surface area is 544 Å². The van der Waals surface area contributed by atoms with Crippen LogP contribution in [0.3, 0.4) is 0 Å². The molecule has 17 unspecified atom stereocenters. The van der Waals surface area contributed by atoms with Crippen LogP contribution in [0, 0.1) is 0 Å². The Balaban J connectivity index is 1.34. The van der Waals surface area contributed by atoms with E-state index < -0.39 is 124 Å². The Kier molecular flexibility index (Phi) is 49.3. The van der Waals surface area contributed by atoms with Crippen LogP contribution >= 0.6 is 0 Å². The average molecular weight is 1290 g/mol. The number of aliphatic hydroxyl groups excluding tert-OH is 11. The van der Waals surface area contributed by atoms with Crippen molar-refractivity contribution >= 4 is 5.91 Å². The van der Waals surface area contributed by atoms with E-state index in [1.54, 1.807) is 6.08 Å². The number of rotatable bonds is 58. The number of unbranched alkanes of at least 4 members (excludes halogenated alkanes) is 42. The van der Waals surface area contributed by atoms with E-state index in [1.807, 2.05) is 6.08 Å². The van der Waals surface area contributed by atoms with Crippen LogP contribution in [-0.4, -0.2) is 193 Å². The van der Waals surface area contributed by atoms with E-state index in [-0.39, 0.29) is 18.9 Å². The molecule has 12 N–H and O–H groups in total. The second-order valence-corrected chi connectivity index (χ2v) is 26.8.